The van der Waals surface area contributed by atoms with E-state index in [0.717, 1.165) is 6.61 Å². The van der Waals surface area contributed by atoms with Gasteiger partial charge < -0.3 is 14.5 Å². The zero-order valence-electron chi connectivity index (χ0n) is 15.7. The van der Waals surface area contributed by atoms with Crippen molar-refractivity contribution in [1.29, 1.82) is 0 Å². The number of likely N-dealkylation sites (tertiary alicyclic amines) is 1. The Bertz CT molecular complexity index is 533. The van der Waals surface area contributed by atoms with Gasteiger partial charge in [-0.1, -0.05) is 30.3 Å². The molecule has 0 amide bonds. The summed E-state index contributed by atoms with van der Waals surface area (Å²) in [7, 11) is 2.23. The number of nitrogens with zero attached hydrogens (tertiary/aromatic N) is 3. The highest BCUT2D eigenvalue weighted by Crippen LogP contribution is 2.37. The van der Waals surface area contributed by atoms with Gasteiger partial charge in [-0.3, -0.25) is 4.90 Å². The number of benzene rings is 1. The standard InChI is InChI=1S/C21H33N3O/c1-22-13-15-24(16-14-22)20-17-21(25-18-20)8-11-23(12-9-21)10-7-19-5-3-2-4-6-19/h2-6,20H,7-18H2,1H3. The zero-order valence-corrected chi connectivity index (χ0v) is 15.7. The van der Waals surface area contributed by atoms with E-state index in [4.69, 9.17) is 4.74 Å². The van der Waals surface area contributed by atoms with Crippen LogP contribution < -0.4 is 0 Å². The summed E-state index contributed by atoms with van der Waals surface area (Å²) < 4.78 is 6.40. The Balaban J connectivity index is 1.23. The zero-order chi connectivity index (χ0) is 17.1. The predicted octanol–water partition coefficient (Wildman–Crippen LogP) is 2.10. The van der Waals surface area contributed by atoms with Crippen LogP contribution in [-0.4, -0.2) is 85.8 Å². The lowest BCUT2D eigenvalue weighted by Gasteiger charge is -2.40. The van der Waals surface area contributed by atoms with E-state index >= 15 is 0 Å². The van der Waals surface area contributed by atoms with Crippen LogP contribution in [0.3, 0.4) is 0 Å². The van der Waals surface area contributed by atoms with Crippen molar-refractivity contribution >= 4 is 0 Å². The Morgan fingerprint density at radius 2 is 1.72 bits per heavy atom. The first-order valence-corrected chi connectivity index (χ1v) is 10.1. The Morgan fingerprint density at radius 3 is 2.44 bits per heavy atom. The van der Waals surface area contributed by atoms with Crippen molar-refractivity contribution in [3.63, 3.8) is 0 Å². The third-order valence-corrected chi connectivity index (χ3v) is 6.57. The van der Waals surface area contributed by atoms with Gasteiger partial charge in [-0.2, -0.15) is 0 Å². The van der Waals surface area contributed by atoms with Crippen molar-refractivity contribution < 1.29 is 4.74 Å². The average Bonchev–Trinajstić information content (AvgIpc) is 3.07. The SMILES string of the molecule is CN1CCN(C2COC3(CCN(CCc4ccccc4)CC3)C2)CC1. The number of rotatable bonds is 4. The molecule has 4 heteroatoms. The van der Waals surface area contributed by atoms with E-state index in [1.165, 1.54) is 77.1 Å². The number of piperidine rings is 1. The molecule has 0 aliphatic carbocycles. The summed E-state index contributed by atoms with van der Waals surface area (Å²) >= 11 is 0. The van der Waals surface area contributed by atoms with Crippen molar-refractivity contribution in [2.24, 2.45) is 0 Å². The van der Waals surface area contributed by atoms with Crippen LogP contribution in [0.4, 0.5) is 0 Å². The molecular weight excluding hydrogens is 310 g/mol. The smallest absolute Gasteiger partial charge is 0.0723 e. The number of hydrogen-bond acceptors (Lipinski definition) is 4. The Kier molecular flexibility index (Phi) is 5.41. The Morgan fingerprint density at radius 1 is 1.00 bits per heavy atom. The van der Waals surface area contributed by atoms with Gasteiger partial charge in [0.1, 0.15) is 0 Å². The van der Waals surface area contributed by atoms with E-state index in [2.05, 4.69) is 52.1 Å². The Hall–Kier alpha value is -0.940. The third kappa shape index (κ3) is 4.25. The lowest BCUT2D eigenvalue weighted by molar-refractivity contribution is -0.0438. The van der Waals surface area contributed by atoms with Gasteiger partial charge in [0.25, 0.3) is 0 Å². The van der Waals surface area contributed by atoms with E-state index in [9.17, 15) is 0 Å². The lowest BCUT2D eigenvalue weighted by atomic mass is 9.87. The maximum atomic E-state index is 6.40. The van der Waals surface area contributed by atoms with Crippen LogP contribution >= 0.6 is 0 Å². The molecule has 0 radical (unpaired) electrons. The van der Waals surface area contributed by atoms with E-state index < -0.39 is 0 Å². The van der Waals surface area contributed by atoms with Gasteiger partial charge in [-0.15, -0.1) is 0 Å². The fourth-order valence-corrected chi connectivity index (χ4v) is 4.71. The molecule has 138 valence electrons. The van der Waals surface area contributed by atoms with Crippen LogP contribution in [0, 0.1) is 0 Å². The molecular formula is C21H33N3O. The molecule has 3 saturated heterocycles. The molecule has 3 heterocycles. The highest BCUT2D eigenvalue weighted by Gasteiger charge is 2.44. The van der Waals surface area contributed by atoms with Crippen molar-refractivity contribution in [2.75, 3.05) is 59.5 Å². The molecule has 3 aliphatic heterocycles. The minimum absolute atomic E-state index is 0.178. The molecule has 1 aromatic rings. The van der Waals surface area contributed by atoms with Crippen LogP contribution in [0.25, 0.3) is 0 Å². The van der Waals surface area contributed by atoms with Crippen molar-refractivity contribution in [3.8, 4) is 0 Å². The molecule has 0 aromatic heterocycles. The molecule has 1 unspecified atom stereocenters. The quantitative estimate of drug-likeness (QED) is 0.833. The third-order valence-electron chi connectivity index (χ3n) is 6.57. The van der Waals surface area contributed by atoms with E-state index in [1.54, 1.807) is 0 Å². The van der Waals surface area contributed by atoms with Crippen LogP contribution in [0.1, 0.15) is 24.8 Å². The van der Waals surface area contributed by atoms with Gasteiger partial charge in [-0.05, 0) is 38.3 Å². The fraction of sp³-hybridized carbons (Fsp3) is 0.714. The minimum atomic E-state index is 0.178. The van der Waals surface area contributed by atoms with Crippen LogP contribution in [0.15, 0.2) is 30.3 Å². The molecule has 4 nitrogen and oxygen atoms in total. The molecule has 3 aliphatic rings. The first-order chi connectivity index (χ1) is 12.2. The molecule has 0 bridgehead atoms. The predicted molar refractivity (Wildman–Crippen MR) is 102 cm³/mol. The first kappa shape index (κ1) is 17.5. The first-order valence-electron chi connectivity index (χ1n) is 10.1. The summed E-state index contributed by atoms with van der Waals surface area (Å²) in [5, 5.41) is 0. The molecule has 1 atom stereocenters. The summed E-state index contributed by atoms with van der Waals surface area (Å²) in [6, 6.07) is 11.5. The monoisotopic (exact) mass is 343 g/mol. The average molecular weight is 344 g/mol. The summed E-state index contributed by atoms with van der Waals surface area (Å²) in [6.45, 7) is 9.36. The summed E-state index contributed by atoms with van der Waals surface area (Å²) in [6.07, 6.45) is 4.85. The molecule has 3 fully saturated rings. The topological polar surface area (TPSA) is 19.0 Å². The van der Waals surface area contributed by atoms with Gasteiger partial charge in [0.15, 0.2) is 0 Å². The molecule has 0 saturated carbocycles. The van der Waals surface area contributed by atoms with Crippen molar-refractivity contribution in [2.45, 2.75) is 37.3 Å². The van der Waals surface area contributed by atoms with Gasteiger partial charge in [0, 0.05) is 51.9 Å². The minimum Gasteiger partial charge on any atom is -0.373 e. The number of hydrogen-bond donors (Lipinski definition) is 0. The normalized spacial score (nSPS) is 28.6. The maximum absolute atomic E-state index is 6.40. The van der Waals surface area contributed by atoms with E-state index in [-0.39, 0.29) is 5.60 Å². The molecule has 1 aromatic carbocycles. The summed E-state index contributed by atoms with van der Waals surface area (Å²) in [5.74, 6) is 0. The second kappa shape index (κ2) is 7.75. The van der Waals surface area contributed by atoms with E-state index in [1.807, 2.05) is 0 Å². The molecule has 0 N–H and O–H groups in total. The summed E-state index contributed by atoms with van der Waals surface area (Å²) in [4.78, 5) is 7.74. The van der Waals surface area contributed by atoms with Gasteiger partial charge in [0.05, 0.1) is 12.2 Å². The van der Waals surface area contributed by atoms with Crippen LogP contribution in [0.2, 0.25) is 0 Å². The van der Waals surface area contributed by atoms with E-state index in [0.29, 0.717) is 6.04 Å². The van der Waals surface area contributed by atoms with Crippen molar-refractivity contribution in [3.05, 3.63) is 35.9 Å². The maximum Gasteiger partial charge on any atom is 0.0723 e. The number of likely N-dealkylation sites (N-methyl/N-ethyl adjacent to an activating group) is 1. The number of ether oxygens (including phenoxy) is 1. The largest absolute Gasteiger partial charge is 0.373 e. The van der Waals surface area contributed by atoms with Gasteiger partial charge in [-0.25, -0.2) is 0 Å². The second-order valence-electron chi connectivity index (χ2n) is 8.27. The highest BCUT2D eigenvalue weighted by atomic mass is 16.5. The highest BCUT2D eigenvalue weighted by molar-refractivity contribution is 5.15. The molecule has 25 heavy (non-hydrogen) atoms. The molecule has 4 rings (SSSR count). The lowest BCUT2D eigenvalue weighted by Crippen LogP contribution is -2.50. The summed E-state index contributed by atoms with van der Waals surface area (Å²) in [5.41, 5.74) is 1.63. The molecule has 1 spiro atoms. The fourth-order valence-electron chi connectivity index (χ4n) is 4.71. The second-order valence-corrected chi connectivity index (χ2v) is 8.27. The number of piperazine rings is 1. The van der Waals surface area contributed by atoms with Crippen LogP contribution in [-0.2, 0) is 11.2 Å². The van der Waals surface area contributed by atoms with Gasteiger partial charge >= 0.3 is 0 Å². The van der Waals surface area contributed by atoms with Gasteiger partial charge in [0.2, 0.25) is 0 Å². The Labute approximate surface area is 152 Å². The van der Waals surface area contributed by atoms with Crippen molar-refractivity contribution in [1.82, 2.24) is 14.7 Å². The van der Waals surface area contributed by atoms with Crippen LogP contribution in [0.5, 0.6) is 0 Å².